The highest BCUT2D eigenvalue weighted by atomic mass is 35.5. The van der Waals surface area contributed by atoms with Crippen LogP contribution in [0.15, 0.2) is 30.5 Å². The van der Waals surface area contributed by atoms with E-state index in [4.69, 9.17) is 11.6 Å². The van der Waals surface area contributed by atoms with E-state index in [0.29, 0.717) is 22.1 Å². The maximum Gasteiger partial charge on any atom is 0.276 e. The molecule has 3 N–H and O–H groups in total. The molecule has 140 valence electrons. The van der Waals surface area contributed by atoms with Gasteiger partial charge in [0.05, 0.1) is 16.8 Å². The number of nitrogens with one attached hydrogen (secondary N) is 3. The van der Waals surface area contributed by atoms with Gasteiger partial charge in [0.25, 0.3) is 5.91 Å². The quantitative estimate of drug-likeness (QED) is 0.739. The van der Waals surface area contributed by atoms with Crippen molar-refractivity contribution in [1.29, 1.82) is 0 Å². The van der Waals surface area contributed by atoms with Gasteiger partial charge in [0, 0.05) is 25.4 Å². The van der Waals surface area contributed by atoms with Gasteiger partial charge in [-0.3, -0.25) is 14.3 Å². The van der Waals surface area contributed by atoms with Crippen LogP contribution < -0.4 is 16.0 Å². The smallest absolute Gasteiger partial charge is 0.276 e. The number of anilines is 2. The molecule has 1 fully saturated rings. The lowest BCUT2D eigenvalue weighted by Crippen LogP contribution is -2.32. The van der Waals surface area contributed by atoms with Crippen molar-refractivity contribution in [1.82, 2.24) is 15.1 Å². The Bertz CT molecular complexity index is 787. The molecule has 0 radical (unpaired) electrons. The molecule has 26 heavy (non-hydrogen) atoms. The third-order valence-electron chi connectivity index (χ3n) is 4.02. The van der Waals surface area contributed by atoms with Crippen molar-refractivity contribution < 1.29 is 9.59 Å². The van der Waals surface area contributed by atoms with Gasteiger partial charge in [0.2, 0.25) is 5.91 Å². The lowest BCUT2D eigenvalue weighted by molar-refractivity contribution is -0.114. The maximum atomic E-state index is 12.4. The number of piperidine rings is 1. The number of aromatic nitrogens is 2. The SMILES string of the molecule is CC(=O)Nc1ccc(Cl)c(NC(=O)c2ccn(C3CCCNC3)n2)c1.Cl. The second-order valence-electron chi connectivity index (χ2n) is 6.01. The molecule has 0 bridgehead atoms. The molecule has 1 saturated heterocycles. The van der Waals surface area contributed by atoms with Crippen LogP contribution in [-0.4, -0.2) is 34.7 Å². The number of benzene rings is 1. The number of nitrogens with zero attached hydrogens (tertiary/aromatic N) is 2. The highest BCUT2D eigenvalue weighted by Crippen LogP contribution is 2.26. The first-order valence-corrected chi connectivity index (χ1v) is 8.55. The monoisotopic (exact) mass is 397 g/mol. The number of halogens is 2. The zero-order valence-electron chi connectivity index (χ0n) is 14.3. The number of hydrogen-bond acceptors (Lipinski definition) is 4. The molecule has 1 aliphatic rings. The molecule has 0 aliphatic carbocycles. The summed E-state index contributed by atoms with van der Waals surface area (Å²) in [6.45, 7) is 3.29. The standard InChI is InChI=1S/C17H20ClN5O2.ClH/c1-11(24)20-12-4-5-14(18)16(9-12)21-17(25)15-6-8-23(22-15)13-3-2-7-19-10-13;/h4-6,8-9,13,19H,2-3,7,10H2,1H3,(H,20,24)(H,21,25);1H. The zero-order chi connectivity index (χ0) is 17.8. The van der Waals surface area contributed by atoms with E-state index >= 15 is 0 Å². The minimum Gasteiger partial charge on any atom is -0.326 e. The number of carbonyl (C=O) groups is 2. The van der Waals surface area contributed by atoms with Crippen LogP contribution in [0, 0.1) is 0 Å². The Hall–Kier alpha value is -2.09. The average molecular weight is 398 g/mol. The van der Waals surface area contributed by atoms with Crippen molar-refractivity contribution in [3.63, 3.8) is 0 Å². The summed E-state index contributed by atoms with van der Waals surface area (Å²) in [4.78, 5) is 23.6. The van der Waals surface area contributed by atoms with Gasteiger partial charge in [-0.2, -0.15) is 5.10 Å². The van der Waals surface area contributed by atoms with Gasteiger partial charge < -0.3 is 16.0 Å². The molecule has 0 saturated carbocycles. The molecule has 7 nitrogen and oxygen atoms in total. The Morgan fingerprint density at radius 3 is 2.81 bits per heavy atom. The van der Waals surface area contributed by atoms with Crippen LogP contribution in [0.25, 0.3) is 0 Å². The average Bonchev–Trinajstić information content (AvgIpc) is 3.08. The lowest BCUT2D eigenvalue weighted by Gasteiger charge is -2.22. The van der Waals surface area contributed by atoms with E-state index in [1.165, 1.54) is 6.92 Å². The molecule has 1 aromatic carbocycles. The molecule has 2 heterocycles. The van der Waals surface area contributed by atoms with E-state index < -0.39 is 0 Å². The highest BCUT2D eigenvalue weighted by Gasteiger charge is 2.18. The summed E-state index contributed by atoms with van der Waals surface area (Å²) in [7, 11) is 0. The summed E-state index contributed by atoms with van der Waals surface area (Å²) in [5, 5.41) is 13.5. The van der Waals surface area contributed by atoms with Crippen LogP contribution in [0.1, 0.15) is 36.3 Å². The number of carbonyl (C=O) groups excluding carboxylic acids is 2. The second-order valence-corrected chi connectivity index (χ2v) is 6.42. The van der Waals surface area contributed by atoms with Crippen molar-refractivity contribution >= 4 is 47.2 Å². The van der Waals surface area contributed by atoms with Crippen LogP contribution >= 0.6 is 24.0 Å². The summed E-state index contributed by atoms with van der Waals surface area (Å²) in [5.41, 5.74) is 1.31. The van der Waals surface area contributed by atoms with Gasteiger partial charge in [-0.1, -0.05) is 11.6 Å². The van der Waals surface area contributed by atoms with Crippen molar-refractivity contribution in [2.75, 3.05) is 23.7 Å². The topological polar surface area (TPSA) is 88.0 Å². The van der Waals surface area contributed by atoms with Crippen LogP contribution in [-0.2, 0) is 4.79 Å². The molecule has 1 unspecified atom stereocenters. The van der Waals surface area contributed by atoms with E-state index in [2.05, 4.69) is 21.0 Å². The lowest BCUT2D eigenvalue weighted by atomic mass is 10.1. The van der Waals surface area contributed by atoms with E-state index in [9.17, 15) is 9.59 Å². The molecular formula is C17H21Cl2N5O2. The first kappa shape index (κ1) is 20.2. The van der Waals surface area contributed by atoms with Gasteiger partial charge in [-0.15, -0.1) is 12.4 Å². The largest absolute Gasteiger partial charge is 0.326 e. The number of rotatable bonds is 4. The molecule has 1 atom stereocenters. The third kappa shape index (κ3) is 4.97. The Morgan fingerprint density at radius 2 is 2.12 bits per heavy atom. The molecule has 2 aromatic rings. The van der Waals surface area contributed by atoms with E-state index in [1.807, 2.05) is 10.9 Å². The molecular weight excluding hydrogens is 377 g/mol. The predicted molar refractivity (Wildman–Crippen MR) is 104 cm³/mol. The predicted octanol–water partition coefficient (Wildman–Crippen LogP) is 3.09. The Balaban J connectivity index is 0.00000243. The van der Waals surface area contributed by atoms with E-state index in [0.717, 1.165) is 25.9 Å². The molecule has 1 aliphatic heterocycles. The second kappa shape index (κ2) is 9.02. The van der Waals surface area contributed by atoms with Crippen LogP contribution in [0.5, 0.6) is 0 Å². The minimum absolute atomic E-state index is 0. The molecule has 3 rings (SSSR count). The zero-order valence-corrected chi connectivity index (χ0v) is 15.9. The first-order valence-electron chi connectivity index (χ1n) is 8.17. The van der Waals surface area contributed by atoms with Crippen LogP contribution in [0.4, 0.5) is 11.4 Å². The fourth-order valence-corrected chi connectivity index (χ4v) is 2.97. The van der Waals surface area contributed by atoms with E-state index in [-0.39, 0.29) is 30.3 Å². The van der Waals surface area contributed by atoms with Gasteiger partial charge in [0.1, 0.15) is 0 Å². The summed E-state index contributed by atoms with van der Waals surface area (Å²) in [6, 6.07) is 6.86. The fourth-order valence-electron chi connectivity index (χ4n) is 2.81. The van der Waals surface area contributed by atoms with Crippen LogP contribution in [0.2, 0.25) is 5.02 Å². The maximum absolute atomic E-state index is 12.4. The van der Waals surface area contributed by atoms with Crippen molar-refractivity contribution in [3.8, 4) is 0 Å². The minimum atomic E-state index is -0.343. The van der Waals surface area contributed by atoms with Gasteiger partial charge >= 0.3 is 0 Å². The highest BCUT2D eigenvalue weighted by molar-refractivity contribution is 6.34. The van der Waals surface area contributed by atoms with Crippen molar-refractivity contribution in [3.05, 3.63) is 41.2 Å². The molecule has 2 amide bonds. The first-order chi connectivity index (χ1) is 12.0. The fraction of sp³-hybridized carbons (Fsp3) is 0.353. The summed E-state index contributed by atoms with van der Waals surface area (Å²) in [6.07, 6.45) is 3.96. The summed E-state index contributed by atoms with van der Waals surface area (Å²) >= 11 is 6.13. The Labute approximate surface area is 162 Å². The van der Waals surface area contributed by atoms with Crippen molar-refractivity contribution in [2.24, 2.45) is 0 Å². The normalized spacial score (nSPS) is 16.5. The molecule has 9 heteroatoms. The van der Waals surface area contributed by atoms with Gasteiger partial charge in [0.15, 0.2) is 5.69 Å². The van der Waals surface area contributed by atoms with Crippen molar-refractivity contribution in [2.45, 2.75) is 25.8 Å². The third-order valence-corrected chi connectivity index (χ3v) is 4.35. The molecule has 1 aromatic heterocycles. The summed E-state index contributed by atoms with van der Waals surface area (Å²) in [5.74, 6) is -0.538. The Kier molecular flexibility index (Phi) is 7.02. The number of hydrogen-bond donors (Lipinski definition) is 3. The number of amides is 2. The van der Waals surface area contributed by atoms with Gasteiger partial charge in [-0.05, 0) is 43.7 Å². The van der Waals surface area contributed by atoms with Gasteiger partial charge in [-0.25, -0.2) is 0 Å². The Morgan fingerprint density at radius 1 is 1.31 bits per heavy atom. The van der Waals surface area contributed by atoms with Crippen LogP contribution in [0.3, 0.4) is 0 Å². The molecule has 0 spiro atoms. The van der Waals surface area contributed by atoms with E-state index in [1.54, 1.807) is 24.3 Å². The summed E-state index contributed by atoms with van der Waals surface area (Å²) < 4.78 is 1.83.